The highest BCUT2D eigenvalue weighted by atomic mass is 16.5. The molecule has 2 aliphatic heterocycles. The minimum absolute atomic E-state index is 0.0733. The zero-order valence-electron chi connectivity index (χ0n) is 13.6. The second kappa shape index (κ2) is 5.62. The number of aliphatic hydroxyl groups excluding tert-OH is 1. The minimum atomic E-state index is -0.447. The first-order chi connectivity index (χ1) is 9.99. The first-order valence-corrected chi connectivity index (χ1v) is 8.18. The van der Waals surface area contributed by atoms with Crippen molar-refractivity contribution in [3.8, 4) is 5.75 Å². The van der Waals surface area contributed by atoms with Crippen molar-refractivity contribution in [2.45, 2.75) is 71.2 Å². The van der Waals surface area contributed by atoms with E-state index in [1.807, 2.05) is 6.07 Å². The normalized spacial score (nSPS) is 33.4. The molecule has 0 bridgehead atoms. The molecule has 0 saturated carbocycles. The molecule has 1 aromatic carbocycles. The van der Waals surface area contributed by atoms with Gasteiger partial charge in [0.1, 0.15) is 18.5 Å². The maximum absolute atomic E-state index is 11.0. The van der Waals surface area contributed by atoms with Gasteiger partial charge in [0, 0.05) is 17.6 Å². The zero-order chi connectivity index (χ0) is 15.1. The number of hydrogen-bond acceptors (Lipinski definition) is 3. The predicted molar refractivity (Wildman–Crippen MR) is 84.8 cm³/mol. The summed E-state index contributed by atoms with van der Waals surface area (Å²) < 4.78 is 6.02. The lowest BCUT2D eigenvalue weighted by Gasteiger charge is -2.47. The predicted octanol–water partition coefficient (Wildman–Crippen LogP) is 3.36. The standard InChI is InChI=1S/C18H27NO2/c1-11-8-12(2)17-16(9-11)21-10-15(18(17)20)19-13(3)6-5-7-14(19)4/h8-9,13-15,18,20H,5-7,10H2,1-4H3. The number of piperidine rings is 1. The summed E-state index contributed by atoms with van der Waals surface area (Å²) in [6, 6.07) is 5.29. The van der Waals surface area contributed by atoms with Crippen LogP contribution in [0.1, 0.15) is 55.9 Å². The van der Waals surface area contributed by atoms with E-state index >= 15 is 0 Å². The second-order valence-corrected chi connectivity index (χ2v) is 6.89. The molecule has 0 aliphatic carbocycles. The molecule has 3 nitrogen and oxygen atoms in total. The number of aryl methyl sites for hydroxylation is 2. The van der Waals surface area contributed by atoms with Gasteiger partial charge >= 0.3 is 0 Å². The molecule has 2 aliphatic rings. The topological polar surface area (TPSA) is 32.7 Å². The molecule has 0 amide bonds. The van der Waals surface area contributed by atoms with Crippen LogP contribution in [0.25, 0.3) is 0 Å². The van der Waals surface area contributed by atoms with Crippen molar-refractivity contribution in [2.75, 3.05) is 6.61 Å². The fourth-order valence-corrected chi connectivity index (χ4v) is 4.24. The molecule has 21 heavy (non-hydrogen) atoms. The van der Waals surface area contributed by atoms with Gasteiger partial charge in [0.2, 0.25) is 0 Å². The Morgan fingerprint density at radius 3 is 2.48 bits per heavy atom. The Labute approximate surface area is 127 Å². The summed E-state index contributed by atoms with van der Waals surface area (Å²) in [7, 11) is 0. The van der Waals surface area contributed by atoms with E-state index in [9.17, 15) is 5.11 Å². The Morgan fingerprint density at radius 1 is 1.14 bits per heavy atom. The van der Waals surface area contributed by atoms with Crippen LogP contribution in [0.5, 0.6) is 5.75 Å². The number of likely N-dealkylation sites (tertiary alicyclic amines) is 1. The van der Waals surface area contributed by atoms with E-state index in [2.05, 4.69) is 38.7 Å². The monoisotopic (exact) mass is 289 g/mol. The molecule has 116 valence electrons. The molecule has 1 N–H and O–H groups in total. The Kier molecular flexibility index (Phi) is 3.98. The van der Waals surface area contributed by atoms with Crippen molar-refractivity contribution < 1.29 is 9.84 Å². The van der Waals surface area contributed by atoms with E-state index in [-0.39, 0.29) is 6.04 Å². The van der Waals surface area contributed by atoms with Gasteiger partial charge < -0.3 is 9.84 Å². The first kappa shape index (κ1) is 14.9. The lowest BCUT2D eigenvalue weighted by molar-refractivity contribution is -0.0473. The van der Waals surface area contributed by atoms with E-state index in [4.69, 9.17) is 4.74 Å². The SMILES string of the molecule is Cc1cc(C)c2c(c1)OCC(N1C(C)CCCC1C)C2O. The molecule has 0 aromatic heterocycles. The number of nitrogens with zero attached hydrogens (tertiary/aromatic N) is 1. The Morgan fingerprint density at radius 2 is 1.81 bits per heavy atom. The van der Waals surface area contributed by atoms with Gasteiger partial charge in [-0.15, -0.1) is 0 Å². The van der Waals surface area contributed by atoms with Crippen molar-refractivity contribution in [1.29, 1.82) is 0 Å². The molecule has 4 unspecified atom stereocenters. The second-order valence-electron chi connectivity index (χ2n) is 6.89. The Hall–Kier alpha value is -1.06. The summed E-state index contributed by atoms with van der Waals surface area (Å²) in [5, 5.41) is 11.0. The van der Waals surface area contributed by atoms with Crippen molar-refractivity contribution in [3.63, 3.8) is 0 Å². The zero-order valence-corrected chi connectivity index (χ0v) is 13.6. The average Bonchev–Trinajstić information content (AvgIpc) is 2.40. The molecule has 1 aromatic rings. The van der Waals surface area contributed by atoms with Crippen molar-refractivity contribution in [1.82, 2.24) is 4.90 Å². The Balaban J connectivity index is 1.93. The van der Waals surface area contributed by atoms with Gasteiger partial charge in [-0.2, -0.15) is 0 Å². The van der Waals surface area contributed by atoms with Gasteiger partial charge in [-0.1, -0.05) is 12.5 Å². The van der Waals surface area contributed by atoms with E-state index in [1.165, 1.54) is 24.8 Å². The third-order valence-corrected chi connectivity index (χ3v) is 5.21. The van der Waals surface area contributed by atoms with Crippen molar-refractivity contribution in [3.05, 3.63) is 28.8 Å². The number of rotatable bonds is 1. The van der Waals surface area contributed by atoms with Crippen LogP contribution in [0, 0.1) is 13.8 Å². The highest BCUT2D eigenvalue weighted by Crippen LogP contribution is 2.40. The summed E-state index contributed by atoms with van der Waals surface area (Å²) >= 11 is 0. The summed E-state index contributed by atoms with van der Waals surface area (Å²) in [6.07, 6.45) is 3.27. The van der Waals surface area contributed by atoms with Crippen LogP contribution >= 0.6 is 0 Å². The first-order valence-electron chi connectivity index (χ1n) is 8.18. The van der Waals surface area contributed by atoms with Crippen LogP contribution in [-0.2, 0) is 0 Å². The largest absolute Gasteiger partial charge is 0.491 e. The van der Waals surface area contributed by atoms with Crippen LogP contribution in [0.2, 0.25) is 0 Å². The third-order valence-electron chi connectivity index (χ3n) is 5.21. The fraction of sp³-hybridized carbons (Fsp3) is 0.667. The van der Waals surface area contributed by atoms with Crippen LogP contribution in [0.4, 0.5) is 0 Å². The van der Waals surface area contributed by atoms with Gasteiger partial charge in [0.25, 0.3) is 0 Å². The summed E-state index contributed by atoms with van der Waals surface area (Å²) in [6.45, 7) is 9.29. The van der Waals surface area contributed by atoms with E-state index < -0.39 is 6.10 Å². The Bertz CT molecular complexity index is 518. The third kappa shape index (κ3) is 2.58. The highest BCUT2D eigenvalue weighted by molar-refractivity contribution is 5.46. The maximum Gasteiger partial charge on any atom is 0.125 e. The van der Waals surface area contributed by atoms with Gasteiger partial charge in [-0.3, -0.25) is 4.90 Å². The van der Waals surface area contributed by atoms with Crippen LogP contribution < -0.4 is 4.74 Å². The van der Waals surface area contributed by atoms with Gasteiger partial charge in [0.15, 0.2) is 0 Å². The lowest BCUT2D eigenvalue weighted by Crippen LogP contribution is -2.55. The number of fused-ring (bicyclic) bond motifs is 1. The summed E-state index contributed by atoms with van der Waals surface area (Å²) in [5.41, 5.74) is 3.32. The quantitative estimate of drug-likeness (QED) is 0.860. The van der Waals surface area contributed by atoms with Gasteiger partial charge in [-0.05, 0) is 57.7 Å². The average molecular weight is 289 g/mol. The summed E-state index contributed by atoms with van der Waals surface area (Å²) in [5.74, 6) is 0.869. The van der Waals surface area contributed by atoms with Gasteiger partial charge in [-0.25, -0.2) is 0 Å². The number of aliphatic hydroxyl groups is 1. The molecular weight excluding hydrogens is 262 g/mol. The van der Waals surface area contributed by atoms with Crippen molar-refractivity contribution >= 4 is 0 Å². The molecule has 4 atom stereocenters. The summed E-state index contributed by atoms with van der Waals surface area (Å²) in [4.78, 5) is 2.48. The smallest absolute Gasteiger partial charge is 0.125 e. The van der Waals surface area contributed by atoms with Crippen LogP contribution in [0.3, 0.4) is 0 Å². The van der Waals surface area contributed by atoms with Crippen LogP contribution in [0.15, 0.2) is 12.1 Å². The number of hydrogen-bond donors (Lipinski definition) is 1. The number of ether oxygens (including phenoxy) is 1. The van der Waals surface area contributed by atoms with E-state index in [1.54, 1.807) is 0 Å². The highest BCUT2D eigenvalue weighted by Gasteiger charge is 2.39. The molecule has 3 rings (SSSR count). The molecule has 3 heteroatoms. The van der Waals surface area contributed by atoms with E-state index in [0.717, 1.165) is 16.9 Å². The molecule has 2 heterocycles. The minimum Gasteiger partial charge on any atom is -0.491 e. The molecule has 0 spiro atoms. The molecule has 0 radical (unpaired) electrons. The lowest BCUT2D eigenvalue weighted by atomic mass is 9.88. The van der Waals surface area contributed by atoms with E-state index in [0.29, 0.717) is 18.7 Å². The maximum atomic E-state index is 11.0. The molecule has 1 saturated heterocycles. The molecule has 1 fully saturated rings. The number of benzene rings is 1. The van der Waals surface area contributed by atoms with Crippen molar-refractivity contribution in [2.24, 2.45) is 0 Å². The van der Waals surface area contributed by atoms with Crippen LogP contribution in [-0.4, -0.2) is 34.7 Å². The molecular formula is C18H27NO2. The van der Waals surface area contributed by atoms with Gasteiger partial charge in [0.05, 0.1) is 6.04 Å². The fourth-order valence-electron chi connectivity index (χ4n) is 4.24.